The first-order valence-corrected chi connectivity index (χ1v) is 7.67. The zero-order chi connectivity index (χ0) is 17.2. The van der Waals surface area contributed by atoms with Crippen LogP contribution in [0.25, 0.3) is 22.4 Å². The Hall–Kier alpha value is -3.54. The van der Waals surface area contributed by atoms with Crippen molar-refractivity contribution in [3.8, 4) is 11.4 Å². The van der Waals surface area contributed by atoms with Gasteiger partial charge in [0.15, 0.2) is 0 Å². The lowest BCUT2D eigenvalue weighted by atomic mass is 10.1. The molecule has 0 aliphatic heterocycles. The average Bonchev–Trinajstić information content (AvgIpc) is 3.08. The van der Waals surface area contributed by atoms with Crippen LogP contribution in [-0.2, 0) is 0 Å². The average molecular weight is 332 g/mol. The molecule has 4 rings (SSSR count). The monoisotopic (exact) mass is 332 g/mol. The standard InChI is InChI=1S/C19H13FN4O/c20-14-5-1-2-6-15(14)23-19(25)13-4-3-7-16-17(13)24-18(22-16)12-8-10-21-11-9-12/h1-11H,(H,22,24)(H,23,25). The summed E-state index contributed by atoms with van der Waals surface area (Å²) in [5, 5.41) is 2.59. The number of para-hydroxylation sites is 2. The van der Waals surface area contributed by atoms with Gasteiger partial charge in [-0.15, -0.1) is 0 Å². The molecule has 2 heterocycles. The summed E-state index contributed by atoms with van der Waals surface area (Å²) in [6, 6.07) is 15.0. The van der Waals surface area contributed by atoms with Crippen molar-refractivity contribution in [2.45, 2.75) is 0 Å². The molecule has 2 aromatic heterocycles. The number of nitrogens with one attached hydrogen (secondary N) is 2. The van der Waals surface area contributed by atoms with Gasteiger partial charge < -0.3 is 10.3 Å². The summed E-state index contributed by atoms with van der Waals surface area (Å²) in [6.07, 6.45) is 3.35. The van der Waals surface area contributed by atoms with Gasteiger partial charge in [0.1, 0.15) is 17.2 Å². The Morgan fingerprint density at radius 2 is 1.80 bits per heavy atom. The highest BCUT2D eigenvalue weighted by molar-refractivity contribution is 6.11. The number of carbonyl (C=O) groups excluding carboxylic acids is 1. The molecule has 5 nitrogen and oxygen atoms in total. The Morgan fingerprint density at radius 3 is 2.60 bits per heavy atom. The summed E-state index contributed by atoms with van der Waals surface area (Å²) in [4.78, 5) is 24.3. The lowest BCUT2D eigenvalue weighted by Gasteiger charge is -2.06. The second kappa shape index (κ2) is 6.16. The van der Waals surface area contributed by atoms with Crippen LogP contribution in [0.15, 0.2) is 67.0 Å². The highest BCUT2D eigenvalue weighted by Crippen LogP contribution is 2.23. The molecule has 0 bridgehead atoms. The predicted octanol–water partition coefficient (Wildman–Crippen LogP) is 4.02. The van der Waals surface area contributed by atoms with Gasteiger partial charge in [0.05, 0.1) is 16.8 Å². The van der Waals surface area contributed by atoms with Crippen molar-refractivity contribution in [3.05, 3.63) is 78.4 Å². The first-order chi connectivity index (χ1) is 12.2. The summed E-state index contributed by atoms with van der Waals surface area (Å²) in [7, 11) is 0. The Morgan fingerprint density at radius 1 is 1.00 bits per heavy atom. The first kappa shape index (κ1) is 15.0. The summed E-state index contributed by atoms with van der Waals surface area (Å²) in [6.45, 7) is 0. The summed E-state index contributed by atoms with van der Waals surface area (Å²) >= 11 is 0. The van der Waals surface area contributed by atoms with Crippen molar-refractivity contribution < 1.29 is 9.18 Å². The van der Waals surface area contributed by atoms with Crippen LogP contribution < -0.4 is 5.32 Å². The third-order valence-electron chi connectivity index (χ3n) is 3.83. The SMILES string of the molecule is O=C(Nc1ccccc1F)c1cccc2[nH]c(-c3ccncc3)nc12. The topological polar surface area (TPSA) is 70.7 Å². The summed E-state index contributed by atoms with van der Waals surface area (Å²) in [5.74, 6) is -0.255. The van der Waals surface area contributed by atoms with Crippen molar-refractivity contribution in [1.82, 2.24) is 15.0 Å². The van der Waals surface area contributed by atoms with Gasteiger partial charge in [0, 0.05) is 18.0 Å². The van der Waals surface area contributed by atoms with Crippen LogP contribution in [-0.4, -0.2) is 20.9 Å². The van der Waals surface area contributed by atoms with Gasteiger partial charge in [-0.3, -0.25) is 9.78 Å². The minimum atomic E-state index is -0.484. The van der Waals surface area contributed by atoms with Gasteiger partial charge >= 0.3 is 0 Å². The molecule has 0 spiro atoms. The van der Waals surface area contributed by atoms with Gasteiger partial charge in [-0.2, -0.15) is 0 Å². The van der Waals surface area contributed by atoms with Crippen LogP contribution in [0, 0.1) is 5.82 Å². The number of pyridine rings is 1. The van der Waals surface area contributed by atoms with Crippen LogP contribution in [0.3, 0.4) is 0 Å². The molecule has 1 amide bonds. The third kappa shape index (κ3) is 2.85. The van der Waals surface area contributed by atoms with Crippen LogP contribution in [0.1, 0.15) is 10.4 Å². The van der Waals surface area contributed by atoms with Gasteiger partial charge in [0.2, 0.25) is 0 Å². The molecule has 0 saturated carbocycles. The van der Waals surface area contributed by atoms with E-state index in [4.69, 9.17) is 0 Å². The molecule has 4 aromatic rings. The van der Waals surface area contributed by atoms with E-state index in [1.165, 1.54) is 12.1 Å². The second-order valence-corrected chi connectivity index (χ2v) is 5.46. The smallest absolute Gasteiger partial charge is 0.258 e. The second-order valence-electron chi connectivity index (χ2n) is 5.46. The molecule has 0 saturated heterocycles. The maximum atomic E-state index is 13.8. The van der Waals surface area contributed by atoms with Crippen molar-refractivity contribution in [2.75, 3.05) is 5.32 Å². The Labute approximate surface area is 142 Å². The first-order valence-electron chi connectivity index (χ1n) is 7.67. The maximum Gasteiger partial charge on any atom is 0.258 e. The number of imidazole rings is 1. The number of halogens is 1. The molecule has 0 radical (unpaired) electrons. The van der Waals surface area contributed by atoms with Crippen LogP contribution in [0.5, 0.6) is 0 Å². The van der Waals surface area contributed by atoms with Crippen molar-refractivity contribution in [1.29, 1.82) is 0 Å². The number of hydrogen-bond donors (Lipinski definition) is 2. The molecule has 25 heavy (non-hydrogen) atoms. The fourth-order valence-electron chi connectivity index (χ4n) is 2.61. The minimum Gasteiger partial charge on any atom is -0.338 e. The van der Waals surface area contributed by atoms with E-state index in [2.05, 4.69) is 20.3 Å². The molecular formula is C19H13FN4O. The lowest BCUT2D eigenvalue weighted by molar-refractivity contribution is 0.102. The van der Waals surface area contributed by atoms with Crippen LogP contribution in [0.4, 0.5) is 10.1 Å². The van der Waals surface area contributed by atoms with Crippen molar-refractivity contribution in [2.24, 2.45) is 0 Å². The number of aromatic amines is 1. The highest BCUT2D eigenvalue weighted by Gasteiger charge is 2.15. The number of carbonyl (C=O) groups is 1. The maximum absolute atomic E-state index is 13.8. The van der Waals surface area contributed by atoms with Gasteiger partial charge in [0.25, 0.3) is 5.91 Å². The van der Waals surface area contributed by atoms with Crippen LogP contribution >= 0.6 is 0 Å². The highest BCUT2D eigenvalue weighted by atomic mass is 19.1. The van der Waals surface area contributed by atoms with E-state index in [0.717, 1.165) is 11.1 Å². The van der Waals surface area contributed by atoms with Crippen molar-refractivity contribution in [3.63, 3.8) is 0 Å². The molecule has 6 heteroatoms. The number of nitrogens with zero attached hydrogens (tertiary/aromatic N) is 2. The number of hydrogen-bond acceptors (Lipinski definition) is 3. The molecule has 2 N–H and O–H groups in total. The molecule has 0 unspecified atom stereocenters. The molecule has 0 atom stereocenters. The van der Waals surface area contributed by atoms with E-state index >= 15 is 0 Å². The minimum absolute atomic E-state index is 0.134. The Kier molecular flexibility index (Phi) is 3.70. The van der Waals surface area contributed by atoms with E-state index in [9.17, 15) is 9.18 Å². The molecule has 0 aliphatic carbocycles. The number of anilines is 1. The quantitative estimate of drug-likeness (QED) is 0.595. The van der Waals surface area contributed by atoms with Gasteiger partial charge in [-0.25, -0.2) is 9.37 Å². The van der Waals surface area contributed by atoms with E-state index in [-0.39, 0.29) is 5.69 Å². The molecule has 122 valence electrons. The fraction of sp³-hybridized carbons (Fsp3) is 0. The van der Waals surface area contributed by atoms with Crippen molar-refractivity contribution >= 4 is 22.6 Å². The lowest BCUT2D eigenvalue weighted by Crippen LogP contribution is -2.13. The van der Waals surface area contributed by atoms with Gasteiger partial charge in [-0.1, -0.05) is 18.2 Å². The number of H-pyrrole nitrogens is 1. The molecule has 2 aromatic carbocycles. The Bertz CT molecular complexity index is 1060. The van der Waals surface area contributed by atoms with E-state index in [1.54, 1.807) is 36.7 Å². The fourth-order valence-corrected chi connectivity index (χ4v) is 2.61. The van der Waals surface area contributed by atoms with E-state index < -0.39 is 11.7 Å². The molecule has 0 fully saturated rings. The predicted molar refractivity (Wildman–Crippen MR) is 93.7 cm³/mol. The van der Waals surface area contributed by atoms with E-state index in [1.807, 2.05) is 18.2 Å². The number of aromatic nitrogens is 3. The number of fused-ring (bicyclic) bond motifs is 1. The largest absolute Gasteiger partial charge is 0.338 e. The molecule has 0 aliphatic rings. The molecular weight excluding hydrogens is 319 g/mol. The van der Waals surface area contributed by atoms with E-state index in [0.29, 0.717) is 16.9 Å². The number of rotatable bonds is 3. The van der Waals surface area contributed by atoms with Crippen LogP contribution in [0.2, 0.25) is 0 Å². The number of benzene rings is 2. The normalized spacial score (nSPS) is 10.8. The zero-order valence-electron chi connectivity index (χ0n) is 13.0. The van der Waals surface area contributed by atoms with Gasteiger partial charge in [-0.05, 0) is 36.4 Å². The zero-order valence-corrected chi connectivity index (χ0v) is 13.0. The summed E-state index contributed by atoms with van der Waals surface area (Å²) in [5.41, 5.74) is 2.63. The Balaban J connectivity index is 1.74. The third-order valence-corrected chi connectivity index (χ3v) is 3.83. The summed E-state index contributed by atoms with van der Waals surface area (Å²) < 4.78 is 13.8. The number of amides is 1.